The molecule has 12 heteroatoms. The summed E-state index contributed by atoms with van der Waals surface area (Å²) in [4.78, 5) is 75.2. The van der Waals surface area contributed by atoms with Crippen molar-refractivity contribution in [2.24, 2.45) is 29.1 Å². The number of carbonyl (C=O) groups excluding carboxylic acids is 5. The molecule has 1 saturated heterocycles. The van der Waals surface area contributed by atoms with Crippen molar-refractivity contribution in [3.8, 4) is 0 Å². The van der Waals surface area contributed by atoms with Crippen molar-refractivity contribution < 1.29 is 36.3 Å². The smallest absolute Gasteiger partial charge is 0.245 e. The molecule has 12 nitrogen and oxygen atoms in total. The van der Waals surface area contributed by atoms with E-state index in [1.165, 1.54) is 0 Å². The Bertz CT molecular complexity index is 1460. The molecule has 2 N–H and O–H groups in total. The minimum absolute atomic E-state index is 0. The molecule has 1 aromatic rings. The van der Waals surface area contributed by atoms with Crippen molar-refractivity contribution in [1.82, 2.24) is 25.3 Å². The Kier molecular flexibility index (Phi) is 19.8. The Labute approximate surface area is 347 Å². The first-order valence-electron chi connectivity index (χ1n) is 21.2. The third-order valence-electron chi connectivity index (χ3n) is 12.4. The Hall–Kier alpha value is -3.35. The van der Waals surface area contributed by atoms with E-state index in [0.717, 1.165) is 18.4 Å². The number of rotatable bonds is 23. The molecule has 9 unspecified atom stereocenters. The van der Waals surface area contributed by atoms with E-state index in [4.69, 9.17) is 9.47 Å². The summed E-state index contributed by atoms with van der Waals surface area (Å²) in [5.41, 5.74) is 0.331. The summed E-state index contributed by atoms with van der Waals surface area (Å²) < 4.78 is 12.1. The molecule has 1 heterocycles. The summed E-state index contributed by atoms with van der Waals surface area (Å²) in [5.74, 6) is -1.73. The third kappa shape index (κ3) is 13.1. The maximum absolute atomic E-state index is 14.3. The van der Waals surface area contributed by atoms with Gasteiger partial charge >= 0.3 is 0 Å². The second-order valence-corrected chi connectivity index (χ2v) is 17.8. The average molecular weight is 804 g/mol. The largest absolute Gasteiger partial charge is 0.379 e. The van der Waals surface area contributed by atoms with Crippen molar-refractivity contribution in [1.29, 1.82) is 0 Å². The zero-order chi connectivity index (χ0) is 43.4. The molecule has 1 aliphatic heterocycles. The fraction of sp³-hybridized carbons (Fsp3) is 0.756. The molecule has 1 aliphatic rings. The van der Waals surface area contributed by atoms with Gasteiger partial charge in [0, 0.05) is 36.1 Å². The molecular weight excluding hydrogens is 723 g/mol. The number of methoxy groups -OCH3 is 2. The maximum atomic E-state index is 14.3. The summed E-state index contributed by atoms with van der Waals surface area (Å²) >= 11 is 0. The van der Waals surface area contributed by atoms with Crippen LogP contribution in [0.5, 0.6) is 0 Å². The van der Waals surface area contributed by atoms with Crippen LogP contribution in [0.2, 0.25) is 0 Å². The van der Waals surface area contributed by atoms with Crippen molar-refractivity contribution in [2.75, 3.05) is 41.9 Å². The molecule has 0 bridgehead atoms. The van der Waals surface area contributed by atoms with Crippen LogP contribution in [0.3, 0.4) is 0 Å². The van der Waals surface area contributed by atoms with Crippen LogP contribution >= 0.6 is 0 Å². The molecule has 1 fully saturated rings. The molecule has 0 radical (unpaired) electrons. The zero-order valence-electron chi connectivity index (χ0n) is 37.9. The molecule has 0 aliphatic carbocycles. The number of likely N-dealkylation sites (tertiary alicyclic amines) is 1. The number of hydrogen-bond donors (Lipinski definition) is 2. The van der Waals surface area contributed by atoms with E-state index >= 15 is 0 Å². The maximum Gasteiger partial charge on any atom is 0.245 e. The van der Waals surface area contributed by atoms with E-state index in [-0.39, 0.29) is 62.5 Å². The minimum Gasteiger partial charge on any atom is -0.379 e. The van der Waals surface area contributed by atoms with Gasteiger partial charge in [-0.2, -0.15) is 0 Å². The Morgan fingerprint density at radius 2 is 1.51 bits per heavy atom. The number of likely N-dealkylation sites (N-methyl/N-ethyl adjacent to an activating group) is 2. The van der Waals surface area contributed by atoms with Crippen molar-refractivity contribution in [3.63, 3.8) is 0 Å². The number of ketones is 1. The second kappa shape index (κ2) is 22.7. The number of amides is 4. The fourth-order valence-electron chi connectivity index (χ4n) is 8.42. The number of carbonyl (C=O) groups is 5. The summed E-state index contributed by atoms with van der Waals surface area (Å²) in [6.45, 7) is 20.0. The van der Waals surface area contributed by atoms with E-state index in [2.05, 4.69) is 10.6 Å². The summed E-state index contributed by atoms with van der Waals surface area (Å²) in [6.07, 6.45) is 1.91. The average Bonchev–Trinajstić information content (AvgIpc) is 3.65. The lowest BCUT2D eigenvalue weighted by Crippen LogP contribution is -2.59. The highest BCUT2D eigenvalue weighted by Crippen LogP contribution is 2.30. The van der Waals surface area contributed by atoms with Gasteiger partial charge < -0.3 is 29.9 Å². The Balaban J connectivity index is 0.0000168. The van der Waals surface area contributed by atoms with Gasteiger partial charge in [0.1, 0.15) is 6.04 Å². The molecule has 2 rings (SSSR count). The fourth-order valence-corrected chi connectivity index (χ4v) is 8.42. The van der Waals surface area contributed by atoms with Crippen LogP contribution in [0.25, 0.3) is 0 Å². The van der Waals surface area contributed by atoms with E-state index in [0.29, 0.717) is 25.8 Å². The number of Topliss-reactive ketones (excluding diaryl/α,β-unsaturated/α-hetero) is 1. The summed E-state index contributed by atoms with van der Waals surface area (Å²) in [7, 11) is 8.58. The highest BCUT2D eigenvalue weighted by atomic mass is 16.5. The molecule has 57 heavy (non-hydrogen) atoms. The van der Waals surface area contributed by atoms with Gasteiger partial charge in [0.05, 0.1) is 48.7 Å². The van der Waals surface area contributed by atoms with Gasteiger partial charge in [-0.05, 0) is 63.1 Å². The van der Waals surface area contributed by atoms with Crippen molar-refractivity contribution in [3.05, 3.63) is 35.9 Å². The van der Waals surface area contributed by atoms with E-state index in [1.807, 2.05) is 112 Å². The van der Waals surface area contributed by atoms with Crippen molar-refractivity contribution in [2.45, 2.75) is 150 Å². The molecule has 4 amide bonds. The van der Waals surface area contributed by atoms with Gasteiger partial charge in [0.15, 0.2) is 5.78 Å². The predicted octanol–water partition coefficient (Wildman–Crippen LogP) is 5.86. The molecule has 0 saturated carbocycles. The molecule has 0 aromatic heterocycles. The van der Waals surface area contributed by atoms with Crippen LogP contribution in [-0.4, -0.2) is 128 Å². The van der Waals surface area contributed by atoms with E-state index in [9.17, 15) is 24.0 Å². The van der Waals surface area contributed by atoms with Crippen LogP contribution in [0.4, 0.5) is 0 Å². The van der Waals surface area contributed by atoms with Crippen molar-refractivity contribution >= 4 is 29.4 Å². The van der Waals surface area contributed by atoms with Gasteiger partial charge in [-0.15, -0.1) is 0 Å². The Morgan fingerprint density at radius 1 is 0.895 bits per heavy atom. The molecule has 0 spiro atoms. The lowest BCUT2D eigenvalue weighted by Gasteiger charge is -2.41. The van der Waals surface area contributed by atoms with E-state index in [1.54, 1.807) is 38.0 Å². The molecule has 9 atom stereocenters. The number of nitrogens with zero attached hydrogens (tertiary/aromatic N) is 3. The van der Waals surface area contributed by atoms with Gasteiger partial charge in [-0.1, -0.05) is 106 Å². The van der Waals surface area contributed by atoms with Crippen LogP contribution in [0, 0.1) is 29.1 Å². The quantitative estimate of drug-likeness (QED) is 0.141. The number of ether oxygens (including phenoxy) is 2. The number of benzene rings is 1. The van der Waals surface area contributed by atoms with Crippen LogP contribution in [0.15, 0.2) is 30.3 Å². The van der Waals surface area contributed by atoms with Gasteiger partial charge in [0.25, 0.3) is 0 Å². The molecular formula is C45H81N5O7. The predicted molar refractivity (Wildman–Crippen MR) is 231 cm³/mol. The molecule has 328 valence electrons. The molecule has 1 aromatic carbocycles. The zero-order valence-corrected chi connectivity index (χ0v) is 37.9. The highest BCUT2D eigenvalue weighted by Gasteiger charge is 2.44. The summed E-state index contributed by atoms with van der Waals surface area (Å²) in [6, 6.07) is 6.96. The second-order valence-electron chi connectivity index (χ2n) is 17.8. The minimum atomic E-state index is -0.767. The number of hydrogen-bond acceptors (Lipinski definition) is 8. The van der Waals surface area contributed by atoms with Gasteiger partial charge in [-0.25, -0.2) is 0 Å². The lowest BCUT2D eigenvalue weighted by molar-refractivity contribution is -0.148. The van der Waals surface area contributed by atoms with Gasteiger partial charge in [0.2, 0.25) is 23.6 Å². The first-order valence-corrected chi connectivity index (χ1v) is 21.2. The lowest BCUT2D eigenvalue weighted by atomic mass is 9.80. The van der Waals surface area contributed by atoms with Crippen LogP contribution in [0.1, 0.15) is 110 Å². The normalized spacial score (nSPS) is 19.1. The number of nitrogens with one attached hydrogen (secondary N) is 2. The van der Waals surface area contributed by atoms with Gasteiger partial charge in [-0.3, -0.25) is 28.9 Å². The first kappa shape index (κ1) is 49.8. The summed E-state index contributed by atoms with van der Waals surface area (Å²) in [5, 5.41) is 6.12. The van der Waals surface area contributed by atoms with E-state index < -0.39 is 47.7 Å². The SMILES string of the molecule is CCC(C)C(C(CC(=O)N1CCCC1C(OC)C(C)C(=O)NC(Cc1ccccc1)C(=O)C(C)(C)CC)OC)N(C)C(=O)C(NC(=O)C(C(C)C)N(C)C)C(C)C.[HH].[HH]. The standard InChI is InChI=1S/C45H77N5O7.2H2/c1-16-30(7)39(49(13)44(55)37(28(3)4)47-43(54)38(29(5)6)48(11)12)35(56-14)27-36(51)50-25-21-24-34(50)40(57-15)31(8)42(53)46-33(41(52)45(9,10)17-2)26-32-22-19-18-20-23-32;;/h18-20,22-23,28-31,33-35,37-40H,16-17,21,24-27H2,1-15H3,(H,46,53)(H,47,54);2*1H. The monoisotopic (exact) mass is 804 g/mol. The van der Waals surface area contributed by atoms with Crippen LogP contribution in [-0.2, 0) is 39.9 Å². The highest BCUT2D eigenvalue weighted by molar-refractivity contribution is 5.93. The first-order chi connectivity index (χ1) is 26.7. The Morgan fingerprint density at radius 3 is 2.00 bits per heavy atom. The van der Waals surface area contributed by atoms with Crippen LogP contribution < -0.4 is 10.6 Å². The topological polar surface area (TPSA) is 138 Å². The third-order valence-corrected chi connectivity index (χ3v) is 12.4.